The zero-order valence-corrected chi connectivity index (χ0v) is 18.5. The molecule has 0 saturated carbocycles. The minimum absolute atomic E-state index is 0.780. The first-order valence-corrected chi connectivity index (χ1v) is 11.3. The van der Waals surface area contributed by atoms with Crippen LogP contribution in [0.3, 0.4) is 0 Å². The molecule has 0 unspecified atom stereocenters. The number of rotatable bonds is 10. The Kier molecular flexibility index (Phi) is 11.7. The van der Waals surface area contributed by atoms with Gasteiger partial charge in [0.25, 0.3) is 0 Å². The highest BCUT2D eigenvalue weighted by Gasteiger charge is 1.94. The molecule has 1 nitrogen and oxygen atoms in total. The molecule has 0 saturated heterocycles. The van der Waals surface area contributed by atoms with E-state index in [4.69, 9.17) is 4.74 Å². The van der Waals surface area contributed by atoms with E-state index in [2.05, 4.69) is 61.8 Å². The van der Waals surface area contributed by atoms with Gasteiger partial charge in [-0.1, -0.05) is 81.8 Å². The zero-order valence-electron chi connectivity index (χ0n) is 18.5. The molecule has 0 aromatic heterocycles. The summed E-state index contributed by atoms with van der Waals surface area (Å²) < 4.78 is 5.72. The predicted molar refractivity (Wildman–Crippen MR) is 129 cm³/mol. The fraction of sp³-hybridized carbons (Fsp3) is 0.379. The van der Waals surface area contributed by atoms with Gasteiger partial charge in [0.05, 0.1) is 6.61 Å². The Labute approximate surface area is 183 Å². The Morgan fingerprint density at radius 2 is 1.23 bits per heavy atom. The highest BCUT2D eigenvalue weighted by molar-refractivity contribution is 5.42. The monoisotopic (exact) mass is 398 g/mol. The van der Waals surface area contributed by atoms with Crippen molar-refractivity contribution in [1.82, 2.24) is 0 Å². The van der Waals surface area contributed by atoms with E-state index in [-0.39, 0.29) is 0 Å². The molecule has 1 heteroatoms. The number of unbranched alkanes of at least 4 members (excludes halogenated alkanes) is 5. The van der Waals surface area contributed by atoms with Gasteiger partial charge in [-0.05, 0) is 73.4 Å². The molecule has 0 bridgehead atoms. The smallest absolute Gasteiger partial charge is 0.119 e. The van der Waals surface area contributed by atoms with Crippen LogP contribution in [0, 0.1) is 23.7 Å². The third-order valence-corrected chi connectivity index (χ3v) is 4.83. The highest BCUT2D eigenvalue weighted by atomic mass is 16.5. The molecule has 0 N–H and O–H groups in total. The molecule has 0 amide bonds. The van der Waals surface area contributed by atoms with Crippen molar-refractivity contribution in [3.05, 3.63) is 77.4 Å². The first-order valence-electron chi connectivity index (χ1n) is 11.3. The summed E-state index contributed by atoms with van der Waals surface area (Å²) in [4.78, 5) is 0. The van der Waals surface area contributed by atoms with Crippen molar-refractivity contribution in [3.63, 3.8) is 0 Å². The third-order valence-electron chi connectivity index (χ3n) is 4.83. The summed E-state index contributed by atoms with van der Waals surface area (Å²) in [6.45, 7) is 5.22. The van der Waals surface area contributed by atoms with Crippen LogP contribution < -0.4 is 4.74 Å². The van der Waals surface area contributed by atoms with Crippen LogP contribution in [0.15, 0.2) is 60.7 Å². The number of ether oxygens (including phenoxy) is 1. The van der Waals surface area contributed by atoms with Gasteiger partial charge in [-0.25, -0.2) is 0 Å². The summed E-state index contributed by atoms with van der Waals surface area (Å²) >= 11 is 0. The molecule has 0 aliphatic heterocycles. The van der Waals surface area contributed by atoms with Crippen molar-refractivity contribution in [2.24, 2.45) is 0 Å². The van der Waals surface area contributed by atoms with Gasteiger partial charge in [-0.15, -0.1) is 0 Å². The largest absolute Gasteiger partial charge is 0.494 e. The van der Waals surface area contributed by atoms with E-state index in [1.165, 1.54) is 44.1 Å². The first-order chi connectivity index (χ1) is 14.8. The van der Waals surface area contributed by atoms with Crippen LogP contribution in [0.2, 0.25) is 0 Å². The lowest BCUT2D eigenvalue weighted by Gasteiger charge is -2.05. The number of benzene rings is 2. The molecule has 0 atom stereocenters. The van der Waals surface area contributed by atoms with Crippen LogP contribution in [0.25, 0.3) is 0 Å². The lowest BCUT2D eigenvalue weighted by molar-refractivity contribution is 0.306. The van der Waals surface area contributed by atoms with Crippen molar-refractivity contribution in [2.75, 3.05) is 6.61 Å². The summed E-state index contributed by atoms with van der Waals surface area (Å²) in [7, 11) is 0. The summed E-state index contributed by atoms with van der Waals surface area (Å²) in [6.07, 6.45) is 13.5. The Balaban J connectivity index is 1.75. The Hall–Kier alpha value is -2.90. The average Bonchev–Trinajstić information content (AvgIpc) is 2.78. The van der Waals surface area contributed by atoms with E-state index >= 15 is 0 Å². The van der Waals surface area contributed by atoms with Crippen molar-refractivity contribution < 1.29 is 4.74 Å². The highest BCUT2D eigenvalue weighted by Crippen LogP contribution is 2.12. The lowest BCUT2D eigenvalue weighted by atomic mass is 10.0. The second-order valence-corrected chi connectivity index (χ2v) is 7.46. The van der Waals surface area contributed by atoms with Crippen molar-refractivity contribution in [2.45, 2.75) is 65.2 Å². The lowest BCUT2D eigenvalue weighted by Crippen LogP contribution is -1.96. The Bertz CT molecular complexity index is 789. The predicted octanol–water partition coefficient (Wildman–Crippen LogP) is 7.34. The molecule has 0 spiro atoms. The van der Waals surface area contributed by atoms with Crippen LogP contribution >= 0.6 is 0 Å². The molecular weight excluding hydrogens is 364 g/mol. The molecule has 156 valence electrons. The van der Waals surface area contributed by atoms with Gasteiger partial charge >= 0.3 is 0 Å². The zero-order chi connectivity index (χ0) is 21.3. The van der Waals surface area contributed by atoms with Gasteiger partial charge in [0.15, 0.2) is 0 Å². The van der Waals surface area contributed by atoms with Crippen LogP contribution in [-0.2, 0) is 6.42 Å². The second-order valence-electron chi connectivity index (χ2n) is 7.46. The first kappa shape index (κ1) is 23.4. The third kappa shape index (κ3) is 10.0. The van der Waals surface area contributed by atoms with E-state index < -0.39 is 0 Å². The summed E-state index contributed by atoms with van der Waals surface area (Å²) in [5.74, 6) is 13.3. The average molecular weight is 399 g/mol. The fourth-order valence-electron chi connectivity index (χ4n) is 3.02. The van der Waals surface area contributed by atoms with Gasteiger partial charge in [0.2, 0.25) is 0 Å². The van der Waals surface area contributed by atoms with Crippen molar-refractivity contribution >= 4 is 0 Å². The van der Waals surface area contributed by atoms with Gasteiger partial charge in [0.1, 0.15) is 5.75 Å². The quantitative estimate of drug-likeness (QED) is 0.300. The maximum Gasteiger partial charge on any atom is 0.119 e. The number of aryl methyl sites for hydroxylation is 1. The second kappa shape index (κ2) is 15.0. The van der Waals surface area contributed by atoms with Gasteiger partial charge < -0.3 is 4.74 Å². The molecule has 0 heterocycles. The van der Waals surface area contributed by atoms with Crippen LogP contribution in [0.4, 0.5) is 0 Å². The van der Waals surface area contributed by atoms with E-state index in [1.54, 1.807) is 12.2 Å². The molecular formula is C29H34O. The molecule has 2 rings (SSSR count). The number of hydrogen-bond donors (Lipinski definition) is 0. The summed E-state index contributed by atoms with van der Waals surface area (Å²) in [6, 6.07) is 16.5. The van der Waals surface area contributed by atoms with Crippen LogP contribution in [0.1, 0.15) is 75.5 Å². The fourth-order valence-corrected chi connectivity index (χ4v) is 3.02. The van der Waals surface area contributed by atoms with Gasteiger partial charge in [0, 0.05) is 11.1 Å². The van der Waals surface area contributed by atoms with E-state index in [9.17, 15) is 0 Å². The molecule has 0 radical (unpaired) electrons. The van der Waals surface area contributed by atoms with Crippen molar-refractivity contribution in [1.29, 1.82) is 0 Å². The van der Waals surface area contributed by atoms with Gasteiger partial charge in [-0.2, -0.15) is 0 Å². The topological polar surface area (TPSA) is 9.23 Å². The van der Waals surface area contributed by atoms with E-state index in [1.807, 2.05) is 24.3 Å². The number of allylic oxidation sites excluding steroid dienone is 2. The molecule has 2 aromatic rings. The van der Waals surface area contributed by atoms with Gasteiger partial charge in [-0.3, -0.25) is 0 Å². The molecule has 2 aromatic carbocycles. The summed E-state index contributed by atoms with van der Waals surface area (Å²) in [5.41, 5.74) is 3.41. The minimum Gasteiger partial charge on any atom is -0.494 e. The normalized spacial score (nSPS) is 10.2. The van der Waals surface area contributed by atoms with E-state index in [0.29, 0.717) is 0 Å². The molecule has 0 aliphatic rings. The SMILES string of the molecule is CCCCCCc1ccc(C#CC=CC#Cc2ccc(OCCCCC)cc2)cc1. The molecule has 0 fully saturated rings. The summed E-state index contributed by atoms with van der Waals surface area (Å²) in [5, 5.41) is 0. The van der Waals surface area contributed by atoms with Crippen LogP contribution in [0.5, 0.6) is 5.75 Å². The standard InChI is InChI=1S/C29H34O/c1-3-5-7-10-14-26-17-19-27(20-18-26)15-11-8-9-12-16-28-21-23-29(24-22-28)30-25-13-6-4-2/h8-9,17-24H,3-7,10,13-14,25H2,1-2H3. The van der Waals surface area contributed by atoms with Crippen molar-refractivity contribution in [3.8, 4) is 29.4 Å². The maximum atomic E-state index is 5.72. The molecule has 0 aliphatic carbocycles. The molecule has 30 heavy (non-hydrogen) atoms. The Morgan fingerprint density at radius 1 is 0.667 bits per heavy atom. The number of hydrogen-bond acceptors (Lipinski definition) is 1. The minimum atomic E-state index is 0.780. The Morgan fingerprint density at radius 3 is 1.83 bits per heavy atom. The van der Waals surface area contributed by atoms with E-state index in [0.717, 1.165) is 36.3 Å². The maximum absolute atomic E-state index is 5.72. The van der Waals surface area contributed by atoms with Crippen LogP contribution in [-0.4, -0.2) is 6.61 Å².